The highest BCUT2D eigenvalue weighted by Gasteiger charge is 2.32. The lowest BCUT2D eigenvalue weighted by Crippen LogP contribution is -2.23. The molecule has 0 saturated carbocycles. The van der Waals surface area contributed by atoms with Gasteiger partial charge < -0.3 is 4.74 Å². The maximum Gasteiger partial charge on any atom is 0.417 e. The lowest BCUT2D eigenvalue weighted by Gasteiger charge is -2.13. The van der Waals surface area contributed by atoms with Crippen LogP contribution in [0.4, 0.5) is 13.2 Å². The van der Waals surface area contributed by atoms with E-state index in [1.807, 2.05) is 0 Å². The number of ether oxygens (including phenoxy) is 1. The first-order valence-corrected chi connectivity index (χ1v) is 11.8. The predicted octanol–water partition coefficient (Wildman–Crippen LogP) is 4.02. The molecule has 3 heterocycles. The van der Waals surface area contributed by atoms with Crippen LogP contribution in [0.25, 0.3) is 22.6 Å². The maximum atomic E-state index is 13.1. The minimum atomic E-state index is -4.68. The van der Waals surface area contributed by atoms with E-state index >= 15 is 0 Å². The molecule has 34 heavy (non-hydrogen) atoms. The Morgan fingerprint density at radius 1 is 1.18 bits per heavy atom. The lowest BCUT2D eigenvalue weighted by molar-refractivity contribution is -0.137. The van der Waals surface area contributed by atoms with E-state index in [-0.39, 0.29) is 27.1 Å². The SMILES string of the molecule is CCS(=O)(=O)c1cc(-c2c(Cl)cccc2OC)cnc1-n1nc2ccc(C(F)(F)F)cn2c1=O. The van der Waals surface area contributed by atoms with Gasteiger partial charge in [0.05, 0.1) is 23.4 Å². The summed E-state index contributed by atoms with van der Waals surface area (Å²) in [5, 5.41) is 4.27. The molecule has 0 saturated heterocycles. The smallest absolute Gasteiger partial charge is 0.417 e. The number of sulfone groups is 1. The molecule has 0 spiro atoms. The van der Waals surface area contributed by atoms with Crippen molar-refractivity contribution in [2.45, 2.75) is 18.0 Å². The normalized spacial score (nSPS) is 12.3. The number of halogens is 4. The van der Waals surface area contributed by atoms with Crippen molar-refractivity contribution in [3.8, 4) is 22.7 Å². The van der Waals surface area contributed by atoms with Gasteiger partial charge in [0.15, 0.2) is 21.3 Å². The van der Waals surface area contributed by atoms with Crippen molar-refractivity contribution in [2.75, 3.05) is 12.9 Å². The van der Waals surface area contributed by atoms with Gasteiger partial charge in [-0.2, -0.15) is 17.9 Å². The van der Waals surface area contributed by atoms with Gasteiger partial charge in [0.2, 0.25) is 0 Å². The molecule has 0 aliphatic carbocycles. The summed E-state index contributed by atoms with van der Waals surface area (Å²) in [4.78, 5) is 16.7. The number of alkyl halides is 3. The van der Waals surface area contributed by atoms with E-state index in [0.717, 1.165) is 12.1 Å². The fourth-order valence-electron chi connectivity index (χ4n) is 3.35. The van der Waals surface area contributed by atoms with Crippen molar-refractivity contribution in [1.82, 2.24) is 19.2 Å². The Morgan fingerprint density at radius 2 is 1.91 bits per heavy atom. The second-order valence-corrected chi connectivity index (χ2v) is 9.76. The number of aromatic nitrogens is 4. The molecule has 8 nitrogen and oxygen atoms in total. The molecule has 4 rings (SSSR count). The molecule has 3 aromatic heterocycles. The summed E-state index contributed by atoms with van der Waals surface area (Å²) in [7, 11) is -2.54. The largest absolute Gasteiger partial charge is 0.496 e. The molecule has 0 aliphatic rings. The summed E-state index contributed by atoms with van der Waals surface area (Å²) >= 11 is 6.31. The summed E-state index contributed by atoms with van der Waals surface area (Å²) < 4.78 is 71.8. The summed E-state index contributed by atoms with van der Waals surface area (Å²) in [6.07, 6.45) is -2.80. The third-order valence-corrected chi connectivity index (χ3v) is 7.12. The van der Waals surface area contributed by atoms with Gasteiger partial charge in [0.25, 0.3) is 0 Å². The number of hydrogen-bond donors (Lipinski definition) is 0. The van der Waals surface area contributed by atoms with Gasteiger partial charge in [0, 0.05) is 23.5 Å². The predicted molar refractivity (Wildman–Crippen MR) is 118 cm³/mol. The lowest BCUT2D eigenvalue weighted by atomic mass is 10.1. The first-order chi connectivity index (χ1) is 16.0. The number of hydrogen-bond acceptors (Lipinski definition) is 6. The van der Waals surface area contributed by atoms with Gasteiger partial charge in [-0.3, -0.25) is 0 Å². The molecule has 178 valence electrons. The zero-order valence-corrected chi connectivity index (χ0v) is 19.2. The Labute approximate surface area is 196 Å². The van der Waals surface area contributed by atoms with Crippen molar-refractivity contribution in [2.24, 2.45) is 0 Å². The molecule has 0 N–H and O–H groups in total. The molecule has 0 fully saturated rings. The van der Waals surface area contributed by atoms with Crippen LogP contribution >= 0.6 is 11.6 Å². The van der Waals surface area contributed by atoms with E-state index < -0.39 is 27.3 Å². The fraction of sp³-hybridized carbons (Fsp3) is 0.190. The molecular formula is C21H16ClF3N4O4S. The Balaban J connectivity index is 1.99. The first-order valence-electron chi connectivity index (χ1n) is 9.72. The summed E-state index contributed by atoms with van der Waals surface area (Å²) in [5.74, 6) is -0.309. The minimum Gasteiger partial charge on any atom is -0.496 e. The van der Waals surface area contributed by atoms with Crippen LogP contribution in [0.1, 0.15) is 12.5 Å². The van der Waals surface area contributed by atoms with E-state index in [1.54, 1.807) is 18.2 Å². The molecule has 0 amide bonds. The summed E-state index contributed by atoms with van der Waals surface area (Å²) in [6.45, 7) is 1.41. The van der Waals surface area contributed by atoms with Crippen LogP contribution in [0.5, 0.6) is 5.75 Å². The van der Waals surface area contributed by atoms with Crippen LogP contribution in [0.15, 0.2) is 58.5 Å². The highest BCUT2D eigenvalue weighted by molar-refractivity contribution is 7.91. The van der Waals surface area contributed by atoms with Crippen molar-refractivity contribution < 1.29 is 26.3 Å². The van der Waals surface area contributed by atoms with Crippen LogP contribution in [0.2, 0.25) is 5.02 Å². The van der Waals surface area contributed by atoms with E-state index in [0.29, 0.717) is 32.2 Å². The second kappa shape index (κ2) is 8.44. The molecule has 1 aromatic carbocycles. The van der Waals surface area contributed by atoms with Crippen LogP contribution in [0.3, 0.4) is 0 Å². The molecule has 13 heteroatoms. The Hall–Kier alpha value is -3.38. The van der Waals surface area contributed by atoms with E-state index in [1.165, 1.54) is 26.3 Å². The first kappa shape index (κ1) is 23.8. The van der Waals surface area contributed by atoms with Crippen LogP contribution < -0.4 is 10.4 Å². The summed E-state index contributed by atoms with van der Waals surface area (Å²) in [5.41, 5.74) is -1.50. The number of rotatable bonds is 5. The highest BCUT2D eigenvalue weighted by Crippen LogP contribution is 2.37. The second-order valence-electron chi connectivity index (χ2n) is 7.10. The molecule has 4 aromatic rings. The van der Waals surface area contributed by atoms with E-state index in [2.05, 4.69) is 10.1 Å². The van der Waals surface area contributed by atoms with Crippen molar-refractivity contribution in [3.63, 3.8) is 0 Å². The van der Waals surface area contributed by atoms with Crippen molar-refractivity contribution in [1.29, 1.82) is 0 Å². The van der Waals surface area contributed by atoms with Gasteiger partial charge in [-0.15, -0.1) is 5.10 Å². The van der Waals surface area contributed by atoms with Crippen molar-refractivity contribution in [3.05, 3.63) is 69.9 Å². The van der Waals surface area contributed by atoms with E-state index in [4.69, 9.17) is 16.3 Å². The van der Waals surface area contributed by atoms with Gasteiger partial charge in [-0.05, 0) is 30.3 Å². The van der Waals surface area contributed by atoms with Crippen molar-refractivity contribution >= 4 is 27.1 Å². The highest BCUT2D eigenvalue weighted by atomic mass is 35.5. The number of pyridine rings is 2. The van der Waals surface area contributed by atoms with Gasteiger partial charge >= 0.3 is 11.9 Å². The zero-order valence-electron chi connectivity index (χ0n) is 17.7. The number of nitrogens with zero attached hydrogens (tertiary/aromatic N) is 4. The average Bonchev–Trinajstić information content (AvgIpc) is 3.13. The van der Waals surface area contributed by atoms with Crippen LogP contribution in [0, 0.1) is 0 Å². The Bertz CT molecular complexity index is 1580. The average molecular weight is 513 g/mol. The standard InChI is InChI=1S/C21H16ClF3N4O4S/c1-3-34(31,32)16-9-12(18-14(22)5-4-6-15(18)33-2)10-26-19(16)29-20(30)28-11-13(21(23,24)25)7-8-17(28)27-29/h4-11H,3H2,1-2H3. The molecular weight excluding hydrogens is 497 g/mol. The molecule has 0 unspecified atom stereocenters. The van der Waals surface area contributed by atoms with Gasteiger partial charge in [-0.1, -0.05) is 24.6 Å². The Morgan fingerprint density at radius 3 is 2.56 bits per heavy atom. The van der Waals surface area contributed by atoms with E-state index in [9.17, 15) is 26.4 Å². The number of methoxy groups -OCH3 is 1. The van der Waals surface area contributed by atoms with Gasteiger partial charge in [0.1, 0.15) is 10.6 Å². The minimum absolute atomic E-state index is 0.114. The third kappa shape index (κ3) is 4.03. The third-order valence-electron chi connectivity index (χ3n) is 5.08. The number of fused-ring (bicyclic) bond motifs is 1. The quantitative estimate of drug-likeness (QED) is 0.401. The number of benzene rings is 1. The topological polar surface area (TPSA) is 95.6 Å². The monoisotopic (exact) mass is 512 g/mol. The van der Waals surface area contributed by atoms with Crippen LogP contribution in [-0.4, -0.2) is 40.4 Å². The Kier molecular flexibility index (Phi) is 5.90. The molecule has 0 bridgehead atoms. The molecule has 0 atom stereocenters. The molecule has 0 aliphatic heterocycles. The maximum absolute atomic E-state index is 13.1. The summed E-state index contributed by atoms with van der Waals surface area (Å²) in [6, 6.07) is 7.94. The van der Waals surface area contributed by atoms with Gasteiger partial charge in [-0.25, -0.2) is 22.6 Å². The fourth-order valence-corrected chi connectivity index (χ4v) is 4.66. The zero-order chi connectivity index (χ0) is 24.8. The molecule has 0 radical (unpaired) electrons. The van der Waals surface area contributed by atoms with Crippen LogP contribution in [-0.2, 0) is 16.0 Å².